The highest BCUT2D eigenvalue weighted by Crippen LogP contribution is 2.25. The Bertz CT molecular complexity index is 1210. The van der Waals surface area contributed by atoms with Crippen LogP contribution in [0.25, 0.3) is 11.1 Å². The first-order valence-electron chi connectivity index (χ1n) is 11.1. The van der Waals surface area contributed by atoms with Crippen LogP contribution in [0.3, 0.4) is 0 Å². The minimum absolute atomic E-state index is 0.0912. The summed E-state index contributed by atoms with van der Waals surface area (Å²) in [7, 11) is -2.16. The third-order valence-corrected chi connectivity index (χ3v) is 7.12. The molecule has 1 saturated heterocycles. The molecule has 1 aliphatic heterocycles. The second-order valence-corrected chi connectivity index (χ2v) is 10.0. The van der Waals surface area contributed by atoms with E-state index >= 15 is 0 Å². The van der Waals surface area contributed by atoms with Crippen molar-refractivity contribution in [1.82, 2.24) is 14.3 Å². The Hall–Kier alpha value is -3.05. The number of ether oxygens (including phenoxy) is 1. The lowest BCUT2D eigenvalue weighted by molar-refractivity contribution is -0.126. The van der Waals surface area contributed by atoms with E-state index in [1.165, 1.54) is 12.5 Å². The van der Waals surface area contributed by atoms with Crippen LogP contribution in [-0.4, -0.2) is 53.8 Å². The minimum atomic E-state index is -3.84. The Balaban J connectivity index is 1.31. The smallest absolute Gasteiger partial charge is 0.259 e. The molecule has 0 radical (unpaired) electrons. The van der Waals surface area contributed by atoms with E-state index in [0.29, 0.717) is 18.5 Å². The van der Waals surface area contributed by atoms with E-state index in [1.807, 2.05) is 54.6 Å². The van der Waals surface area contributed by atoms with E-state index in [4.69, 9.17) is 4.74 Å². The number of carbonyl (C=O) groups excluding carboxylic acids is 1. The number of rotatable bonds is 8. The molecule has 180 valence electrons. The fourth-order valence-electron chi connectivity index (χ4n) is 4.00. The highest BCUT2D eigenvalue weighted by molar-refractivity contribution is 7.89. The first-order chi connectivity index (χ1) is 16.3. The van der Waals surface area contributed by atoms with Crippen molar-refractivity contribution in [3.63, 3.8) is 0 Å². The molecule has 4 rings (SSSR count). The Morgan fingerprint density at radius 1 is 1.12 bits per heavy atom. The SMILES string of the molecule is Cn1cnc(S(=O)(=O)N[C@@H]2CC[C@H](CC(=O)Nc3ccc(-c4ccccc4)cc3)O[C@H]2CO)c1. The van der Waals surface area contributed by atoms with Gasteiger partial charge in [0, 0.05) is 18.9 Å². The molecule has 1 fully saturated rings. The molecule has 0 spiro atoms. The van der Waals surface area contributed by atoms with Gasteiger partial charge in [0.15, 0.2) is 5.03 Å². The number of hydrogen-bond donors (Lipinski definition) is 3. The number of amides is 1. The number of anilines is 1. The summed E-state index contributed by atoms with van der Waals surface area (Å²) in [4.78, 5) is 16.4. The molecule has 2 heterocycles. The number of nitrogens with zero attached hydrogens (tertiary/aromatic N) is 2. The Morgan fingerprint density at radius 3 is 2.47 bits per heavy atom. The third kappa shape index (κ3) is 5.89. The molecular formula is C24H28N4O5S. The van der Waals surface area contributed by atoms with Gasteiger partial charge < -0.3 is 19.7 Å². The Labute approximate surface area is 198 Å². The highest BCUT2D eigenvalue weighted by atomic mass is 32.2. The van der Waals surface area contributed by atoms with Gasteiger partial charge in [0.25, 0.3) is 10.0 Å². The zero-order chi connectivity index (χ0) is 24.1. The fraction of sp³-hybridized carbons (Fsp3) is 0.333. The van der Waals surface area contributed by atoms with Crippen molar-refractivity contribution in [3.05, 3.63) is 67.1 Å². The molecule has 9 nitrogen and oxygen atoms in total. The summed E-state index contributed by atoms with van der Waals surface area (Å²) < 4.78 is 35.1. The Morgan fingerprint density at radius 2 is 1.82 bits per heavy atom. The molecule has 0 saturated carbocycles. The van der Waals surface area contributed by atoms with Gasteiger partial charge in [-0.25, -0.2) is 18.1 Å². The van der Waals surface area contributed by atoms with Crippen molar-refractivity contribution < 1.29 is 23.1 Å². The number of hydrogen-bond acceptors (Lipinski definition) is 6. The molecule has 0 unspecified atom stereocenters. The largest absolute Gasteiger partial charge is 0.394 e. The predicted octanol–water partition coefficient (Wildman–Crippen LogP) is 2.30. The van der Waals surface area contributed by atoms with Gasteiger partial charge in [-0.2, -0.15) is 0 Å². The van der Waals surface area contributed by atoms with Gasteiger partial charge in [0.1, 0.15) is 0 Å². The summed E-state index contributed by atoms with van der Waals surface area (Å²) in [6.45, 7) is -0.367. The van der Waals surface area contributed by atoms with Gasteiger partial charge in [-0.3, -0.25) is 4.79 Å². The lowest BCUT2D eigenvalue weighted by Crippen LogP contribution is -2.51. The molecular weight excluding hydrogens is 456 g/mol. The van der Waals surface area contributed by atoms with Gasteiger partial charge in [-0.05, 0) is 36.1 Å². The quantitative estimate of drug-likeness (QED) is 0.451. The van der Waals surface area contributed by atoms with Crippen molar-refractivity contribution in [3.8, 4) is 11.1 Å². The molecule has 3 aromatic rings. The maximum atomic E-state index is 12.6. The summed E-state index contributed by atoms with van der Waals surface area (Å²) >= 11 is 0. The summed E-state index contributed by atoms with van der Waals surface area (Å²) in [5.41, 5.74) is 2.83. The molecule has 1 amide bonds. The van der Waals surface area contributed by atoms with Crippen LogP contribution in [0.4, 0.5) is 5.69 Å². The van der Waals surface area contributed by atoms with Crippen LogP contribution < -0.4 is 10.0 Å². The van der Waals surface area contributed by atoms with Crippen molar-refractivity contribution >= 4 is 21.6 Å². The lowest BCUT2D eigenvalue weighted by Gasteiger charge is -2.35. The van der Waals surface area contributed by atoms with Crippen LogP contribution in [-0.2, 0) is 26.6 Å². The second-order valence-electron chi connectivity index (χ2n) is 8.36. The number of aryl methyl sites for hydroxylation is 1. The number of sulfonamides is 1. The van der Waals surface area contributed by atoms with Gasteiger partial charge in [0.2, 0.25) is 5.91 Å². The number of nitrogens with one attached hydrogen (secondary N) is 2. The minimum Gasteiger partial charge on any atom is -0.394 e. The zero-order valence-electron chi connectivity index (χ0n) is 18.8. The second kappa shape index (κ2) is 10.5. The predicted molar refractivity (Wildman–Crippen MR) is 127 cm³/mol. The first-order valence-corrected chi connectivity index (χ1v) is 12.5. The highest BCUT2D eigenvalue weighted by Gasteiger charge is 2.35. The maximum absolute atomic E-state index is 12.6. The lowest BCUT2D eigenvalue weighted by atomic mass is 9.98. The van der Waals surface area contributed by atoms with E-state index in [2.05, 4.69) is 15.0 Å². The number of benzene rings is 2. The molecule has 0 bridgehead atoms. The van der Waals surface area contributed by atoms with Crippen LogP contribution in [0.15, 0.2) is 72.1 Å². The van der Waals surface area contributed by atoms with Gasteiger partial charge >= 0.3 is 0 Å². The number of aliphatic hydroxyl groups is 1. The standard InChI is InChI=1S/C24H28N4O5S/c1-28-14-24(25-16-28)34(31,32)27-21-12-11-20(33-22(21)15-29)13-23(30)26-19-9-7-18(8-10-19)17-5-3-2-4-6-17/h2-10,14,16,20-22,27,29H,11-13,15H2,1H3,(H,26,30)/t20-,21-,22+/m1/s1. The molecule has 34 heavy (non-hydrogen) atoms. The van der Waals surface area contributed by atoms with Gasteiger partial charge in [-0.15, -0.1) is 0 Å². The van der Waals surface area contributed by atoms with Crippen molar-refractivity contribution in [2.75, 3.05) is 11.9 Å². The fourth-order valence-corrected chi connectivity index (χ4v) is 5.28. The summed E-state index contributed by atoms with van der Waals surface area (Å²) in [5, 5.41) is 12.5. The number of aromatic nitrogens is 2. The summed E-state index contributed by atoms with van der Waals surface area (Å²) in [5.74, 6) is -0.207. The third-order valence-electron chi connectivity index (χ3n) is 5.75. The van der Waals surface area contributed by atoms with E-state index in [0.717, 1.165) is 11.1 Å². The molecule has 10 heteroatoms. The van der Waals surface area contributed by atoms with Gasteiger partial charge in [-0.1, -0.05) is 42.5 Å². The molecule has 2 aromatic carbocycles. The average molecular weight is 485 g/mol. The van der Waals surface area contributed by atoms with E-state index in [1.54, 1.807) is 11.6 Å². The molecule has 3 atom stereocenters. The Kier molecular flexibility index (Phi) is 7.42. The first kappa shape index (κ1) is 24.1. The summed E-state index contributed by atoms with van der Waals surface area (Å²) in [6.07, 6.45) is 2.65. The van der Waals surface area contributed by atoms with Crippen LogP contribution in [0.1, 0.15) is 19.3 Å². The molecule has 1 aliphatic rings. The maximum Gasteiger partial charge on any atom is 0.259 e. The molecule has 0 aliphatic carbocycles. The number of aliphatic hydroxyl groups excluding tert-OH is 1. The monoisotopic (exact) mass is 484 g/mol. The van der Waals surface area contributed by atoms with Crippen molar-refractivity contribution in [2.24, 2.45) is 7.05 Å². The topological polar surface area (TPSA) is 123 Å². The average Bonchev–Trinajstić information content (AvgIpc) is 3.28. The van der Waals surface area contributed by atoms with Crippen LogP contribution in [0.5, 0.6) is 0 Å². The van der Waals surface area contributed by atoms with E-state index in [9.17, 15) is 18.3 Å². The summed E-state index contributed by atoms with van der Waals surface area (Å²) in [6, 6.07) is 16.9. The van der Waals surface area contributed by atoms with E-state index < -0.39 is 28.3 Å². The van der Waals surface area contributed by atoms with Crippen molar-refractivity contribution in [2.45, 2.75) is 42.5 Å². The van der Waals surface area contributed by atoms with Crippen LogP contribution >= 0.6 is 0 Å². The molecule has 3 N–H and O–H groups in total. The van der Waals surface area contributed by atoms with E-state index in [-0.39, 0.29) is 24.0 Å². The number of carbonyl (C=O) groups is 1. The van der Waals surface area contributed by atoms with Crippen molar-refractivity contribution in [1.29, 1.82) is 0 Å². The van der Waals surface area contributed by atoms with Crippen LogP contribution in [0, 0.1) is 0 Å². The normalized spacial score (nSPS) is 20.7. The zero-order valence-corrected chi connectivity index (χ0v) is 19.6. The van der Waals surface area contributed by atoms with Crippen LogP contribution in [0.2, 0.25) is 0 Å². The number of imidazole rings is 1. The molecule has 1 aromatic heterocycles. The van der Waals surface area contributed by atoms with Gasteiger partial charge in [0.05, 0.1) is 37.6 Å².